The number of aromatic nitrogens is 1. The van der Waals surface area contributed by atoms with E-state index in [1.165, 1.54) is 4.70 Å². The van der Waals surface area contributed by atoms with Gasteiger partial charge in [-0.1, -0.05) is 23.5 Å². The second-order valence-electron chi connectivity index (χ2n) is 4.43. The van der Waals surface area contributed by atoms with Crippen molar-refractivity contribution >= 4 is 32.5 Å². The van der Waals surface area contributed by atoms with Crippen LogP contribution in [0.15, 0.2) is 24.3 Å². The average Bonchev–Trinajstić information content (AvgIpc) is 2.95. The quantitative estimate of drug-likeness (QED) is 0.817. The first-order valence-electron chi connectivity index (χ1n) is 5.88. The Balaban J connectivity index is 2.00. The lowest BCUT2D eigenvalue weighted by atomic mass is 10.1. The van der Waals surface area contributed by atoms with Gasteiger partial charge in [-0.05, 0) is 31.9 Å². The maximum absolute atomic E-state index is 11.6. The fourth-order valence-electron chi connectivity index (χ4n) is 2.40. The molecule has 0 spiro atoms. The minimum Gasteiger partial charge on any atom is -0.338 e. The lowest BCUT2D eigenvalue weighted by Gasteiger charge is -2.21. The summed E-state index contributed by atoms with van der Waals surface area (Å²) in [4.78, 5) is 18.4. The Morgan fingerprint density at radius 2 is 2.29 bits per heavy atom. The molecule has 17 heavy (non-hydrogen) atoms. The van der Waals surface area contributed by atoms with E-state index in [0.29, 0.717) is 0 Å². The summed E-state index contributed by atoms with van der Waals surface area (Å²) in [6.45, 7) is 2.63. The van der Waals surface area contributed by atoms with Crippen LogP contribution in [0.1, 0.15) is 19.8 Å². The van der Waals surface area contributed by atoms with Gasteiger partial charge in [0.2, 0.25) is 0 Å². The Morgan fingerprint density at radius 3 is 3.06 bits per heavy atom. The number of hydrogen-bond donors (Lipinski definition) is 0. The van der Waals surface area contributed by atoms with Gasteiger partial charge in [0.25, 0.3) is 0 Å². The van der Waals surface area contributed by atoms with Crippen molar-refractivity contribution in [3.05, 3.63) is 24.3 Å². The summed E-state index contributed by atoms with van der Waals surface area (Å²) in [5.74, 6) is 0.252. The zero-order valence-corrected chi connectivity index (χ0v) is 10.5. The number of carbonyl (C=O) groups is 1. The molecule has 1 atom stereocenters. The minimum atomic E-state index is 0.0376. The molecule has 3 rings (SSSR count). The first kappa shape index (κ1) is 10.7. The van der Waals surface area contributed by atoms with E-state index >= 15 is 0 Å². The molecule has 1 aromatic carbocycles. The van der Waals surface area contributed by atoms with E-state index in [1.807, 2.05) is 18.2 Å². The summed E-state index contributed by atoms with van der Waals surface area (Å²) in [6.07, 6.45) is 2.05. The molecule has 0 bridgehead atoms. The number of benzene rings is 1. The molecule has 1 aliphatic heterocycles. The molecule has 0 N–H and O–H groups in total. The molecule has 88 valence electrons. The molecule has 3 nitrogen and oxygen atoms in total. The van der Waals surface area contributed by atoms with Crippen molar-refractivity contribution in [2.45, 2.75) is 25.8 Å². The van der Waals surface area contributed by atoms with Gasteiger partial charge < -0.3 is 4.90 Å². The number of carbonyl (C=O) groups excluding carboxylic acids is 1. The van der Waals surface area contributed by atoms with Crippen LogP contribution in [0.5, 0.6) is 0 Å². The average molecular weight is 246 g/mol. The summed E-state index contributed by atoms with van der Waals surface area (Å²) >= 11 is 1.68. The largest absolute Gasteiger partial charge is 0.338 e. The molecule has 1 saturated heterocycles. The van der Waals surface area contributed by atoms with E-state index in [-0.39, 0.29) is 11.8 Å². The highest BCUT2D eigenvalue weighted by molar-refractivity contribution is 7.22. The molecule has 0 radical (unpaired) electrons. The highest BCUT2D eigenvalue weighted by Gasteiger charge is 2.30. The standard InChI is InChI=1S/C13H14N2OS/c1-9(16)11-6-4-8-15(11)13-14-10-5-2-3-7-12(10)17-13/h2-3,5,7,11H,4,6,8H2,1H3. The van der Waals surface area contributed by atoms with Crippen LogP contribution < -0.4 is 4.90 Å². The van der Waals surface area contributed by atoms with E-state index in [0.717, 1.165) is 30.0 Å². The molecule has 1 aliphatic rings. The second kappa shape index (κ2) is 4.11. The third kappa shape index (κ3) is 1.82. The maximum Gasteiger partial charge on any atom is 0.187 e. The summed E-state index contributed by atoms with van der Waals surface area (Å²) in [5.41, 5.74) is 1.03. The van der Waals surface area contributed by atoms with Crippen LogP contribution in [0.4, 0.5) is 5.13 Å². The molecule has 0 saturated carbocycles. The van der Waals surface area contributed by atoms with Crippen molar-refractivity contribution in [3.63, 3.8) is 0 Å². The first-order valence-corrected chi connectivity index (χ1v) is 6.70. The number of fused-ring (bicyclic) bond motifs is 1. The third-order valence-electron chi connectivity index (χ3n) is 3.25. The second-order valence-corrected chi connectivity index (χ2v) is 5.44. The zero-order valence-electron chi connectivity index (χ0n) is 9.72. The molecular formula is C13H14N2OS. The predicted octanol–water partition coefficient (Wildman–Crippen LogP) is 2.85. The highest BCUT2D eigenvalue weighted by atomic mass is 32.1. The Morgan fingerprint density at radius 1 is 1.47 bits per heavy atom. The van der Waals surface area contributed by atoms with Crippen molar-refractivity contribution in [3.8, 4) is 0 Å². The summed E-state index contributed by atoms with van der Waals surface area (Å²) < 4.78 is 1.19. The van der Waals surface area contributed by atoms with Crippen LogP contribution in [0.2, 0.25) is 0 Å². The van der Waals surface area contributed by atoms with Crippen LogP contribution in [-0.2, 0) is 4.79 Å². The lowest BCUT2D eigenvalue weighted by Crippen LogP contribution is -2.34. The number of rotatable bonds is 2. The number of para-hydroxylation sites is 1. The van der Waals surface area contributed by atoms with Gasteiger partial charge in [-0.15, -0.1) is 0 Å². The number of Topliss-reactive ketones (excluding diaryl/α,β-unsaturated/α-hetero) is 1. The number of hydrogen-bond acceptors (Lipinski definition) is 4. The number of ketones is 1. The minimum absolute atomic E-state index is 0.0376. The van der Waals surface area contributed by atoms with Crippen LogP contribution >= 0.6 is 11.3 Å². The van der Waals surface area contributed by atoms with Gasteiger partial charge >= 0.3 is 0 Å². The van der Waals surface area contributed by atoms with Gasteiger partial charge in [0, 0.05) is 6.54 Å². The van der Waals surface area contributed by atoms with Crippen LogP contribution in [-0.4, -0.2) is 23.4 Å². The topological polar surface area (TPSA) is 33.2 Å². The summed E-state index contributed by atoms with van der Waals surface area (Å²) in [5, 5.41) is 0.990. The van der Waals surface area contributed by atoms with E-state index in [2.05, 4.69) is 16.0 Å². The lowest BCUT2D eigenvalue weighted by molar-refractivity contribution is -0.118. The molecule has 1 unspecified atom stereocenters. The molecule has 0 aliphatic carbocycles. The highest BCUT2D eigenvalue weighted by Crippen LogP contribution is 2.33. The van der Waals surface area contributed by atoms with E-state index < -0.39 is 0 Å². The van der Waals surface area contributed by atoms with Crippen molar-refractivity contribution in [1.29, 1.82) is 0 Å². The van der Waals surface area contributed by atoms with Crippen molar-refractivity contribution in [2.24, 2.45) is 0 Å². The molecule has 2 heterocycles. The Labute approximate surface area is 104 Å². The van der Waals surface area contributed by atoms with Gasteiger partial charge in [-0.2, -0.15) is 0 Å². The number of nitrogens with zero attached hydrogens (tertiary/aromatic N) is 2. The fourth-order valence-corrected chi connectivity index (χ4v) is 3.44. The van der Waals surface area contributed by atoms with Gasteiger partial charge in [0.05, 0.1) is 16.3 Å². The molecule has 4 heteroatoms. The van der Waals surface area contributed by atoms with Crippen LogP contribution in [0.25, 0.3) is 10.2 Å². The summed E-state index contributed by atoms with van der Waals surface area (Å²) in [7, 11) is 0. The molecule has 0 amide bonds. The summed E-state index contributed by atoms with van der Waals surface area (Å²) in [6, 6.07) is 8.16. The van der Waals surface area contributed by atoms with Crippen molar-refractivity contribution in [2.75, 3.05) is 11.4 Å². The van der Waals surface area contributed by atoms with Gasteiger partial charge in [-0.3, -0.25) is 4.79 Å². The smallest absolute Gasteiger partial charge is 0.187 e. The monoisotopic (exact) mass is 246 g/mol. The number of anilines is 1. The van der Waals surface area contributed by atoms with E-state index in [9.17, 15) is 4.79 Å². The molecular weight excluding hydrogens is 232 g/mol. The molecule has 1 aromatic heterocycles. The van der Waals surface area contributed by atoms with Gasteiger partial charge in [-0.25, -0.2) is 4.98 Å². The third-order valence-corrected chi connectivity index (χ3v) is 4.32. The van der Waals surface area contributed by atoms with Crippen molar-refractivity contribution in [1.82, 2.24) is 4.98 Å². The normalized spacial score (nSPS) is 20.1. The van der Waals surface area contributed by atoms with Crippen LogP contribution in [0, 0.1) is 0 Å². The fraction of sp³-hybridized carbons (Fsp3) is 0.385. The first-order chi connectivity index (χ1) is 8.25. The Bertz CT molecular complexity index is 530. The SMILES string of the molecule is CC(=O)C1CCCN1c1nc2ccccc2s1. The zero-order chi connectivity index (χ0) is 11.8. The number of thiazole rings is 1. The van der Waals surface area contributed by atoms with Gasteiger partial charge in [0.15, 0.2) is 10.9 Å². The Hall–Kier alpha value is -1.42. The van der Waals surface area contributed by atoms with Crippen molar-refractivity contribution < 1.29 is 4.79 Å². The predicted molar refractivity (Wildman–Crippen MR) is 70.7 cm³/mol. The van der Waals surface area contributed by atoms with Gasteiger partial charge in [0.1, 0.15) is 0 Å². The van der Waals surface area contributed by atoms with Crippen LogP contribution in [0.3, 0.4) is 0 Å². The molecule has 2 aromatic rings. The van der Waals surface area contributed by atoms with E-state index in [4.69, 9.17) is 0 Å². The maximum atomic E-state index is 11.6. The van der Waals surface area contributed by atoms with E-state index in [1.54, 1.807) is 18.3 Å². The molecule has 1 fully saturated rings. The Kier molecular flexibility index (Phi) is 2.59.